The van der Waals surface area contributed by atoms with Gasteiger partial charge in [0.2, 0.25) is 5.91 Å². The van der Waals surface area contributed by atoms with Gasteiger partial charge in [-0.05, 0) is 37.0 Å². The number of benzene rings is 1. The van der Waals surface area contributed by atoms with Crippen LogP contribution in [-0.4, -0.2) is 35.7 Å². The molecule has 0 aliphatic rings. The van der Waals surface area contributed by atoms with Crippen molar-refractivity contribution in [2.75, 3.05) is 7.11 Å². The first kappa shape index (κ1) is 19.8. The zero-order valence-electron chi connectivity index (χ0n) is 14.5. The highest BCUT2D eigenvalue weighted by molar-refractivity contribution is 5.98. The van der Waals surface area contributed by atoms with Gasteiger partial charge in [-0.3, -0.25) is 9.59 Å². The van der Waals surface area contributed by atoms with Gasteiger partial charge in [0.25, 0.3) is 0 Å². The minimum atomic E-state index is -0.785. The second-order valence-electron chi connectivity index (χ2n) is 6.20. The van der Waals surface area contributed by atoms with Gasteiger partial charge in [-0.1, -0.05) is 26.0 Å². The molecule has 1 aromatic rings. The predicted molar refractivity (Wildman–Crippen MR) is 87.5 cm³/mol. The van der Waals surface area contributed by atoms with E-state index in [-0.39, 0.29) is 30.5 Å². The van der Waals surface area contributed by atoms with Gasteiger partial charge in [0.15, 0.2) is 0 Å². The molecule has 5 nitrogen and oxygen atoms in total. The molecule has 1 rings (SSSR count). The molecule has 0 heterocycles. The maximum atomic E-state index is 13.1. The monoisotopic (exact) mass is 337 g/mol. The molecule has 0 bridgehead atoms. The summed E-state index contributed by atoms with van der Waals surface area (Å²) in [5.41, 5.74) is 0.672. The lowest BCUT2D eigenvalue weighted by atomic mass is 10.0. The summed E-state index contributed by atoms with van der Waals surface area (Å²) in [5, 5.41) is 0. The average molecular weight is 337 g/mol. The molecule has 0 aliphatic carbocycles. The SMILES string of the molecule is COC(=O)[C@H](CC(C)C)N(Cc1ccc(F)cc1)C(=O)CC(C)=O. The van der Waals surface area contributed by atoms with Gasteiger partial charge in [-0.2, -0.15) is 0 Å². The number of hydrogen-bond donors (Lipinski definition) is 0. The van der Waals surface area contributed by atoms with E-state index in [2.05, 4.69) is 0 Å². The largest absolute Gasteiger partial charge is 0.467 e. The zero-order valence-corrected chi connectivity index (χ0v) is 14.5. The van der Waals surface area contributed by atoms with Crippen molar-refractivity contribution < 1.29 is 23.5 Å². The summed E-state index contributed by atoms with van der Waals surface area (Å²) in [6, 6.07) is 4.89. The summed E-state index contributed by atoms with van der Waals surface area (Å²) in [4.78, 5) is 37.3. The number of nitrogens with zero attached hydrogens (tertiary/aromatic N) is 1. The van der Waals surface area contributed by atoms with Crippen LogP contribution in [0.3, 0.4) is 0 Å². The maximum absolute atomic E-state index is 13.1. The molecule has 1 aromatic carbocycles. The number of esters is 1. The van der Waals surface area contributed by atoms with Gasteiger partial charge < -0.3 is 9.64 Å². The van der Waals surface area contributed by atoms with Crippen molar-refractivity contribution in [2.45, 2.75) is 46.2 Å². The molecular formula is C18H24FNO4. The predicted octanol–water partition coefficient (Wildman–Crippen LogP) is 2.72. The highest BCUT2D eigenvalue weighted by atomic mass is 19.1. The number of carbonyl (C=O) groups excluding carboxylic acids is 3. The van der Waals surface area contributed by atoms with Crippen LogP contribution in [0, 0.1) is 11.7 Å². The average Bonchev–Trinajstić information content (AvgIpc) is 2.50. The third-order valence-electron chi connectivity index (χ3n) is 3.53. The van der Waals surface area contributed by atoms with Crippen molar-refractivity contribution in [3.05, 3.63) is 35.6 Å². The lowest BCUT2D eigenvalue weighted by Crippen LogP contribution is -2.46. The maximum Gasteiger partial charge on any atom is 0.328 e. The van der Waals surface area contributed by atoms with E-state index >= 15 is 0 Å². The minimum Gasteiger partial charge on any atom is -0.467 e. The van der Waals surface area contributed by atoms with Crippen LogP contribution < -0.4 is 0 Å². The number of ketones is 1. The molecule has 6 heteroatoms. The van der Waals surface area contributed by atoms with Crippen LogP contribution >= 0.6 is 0 Å². The van der Waals surface area contributed by atoms with E-state index in [0.717, 1.165) is 0 Å². The molecule has 0 fully saturated rings. The smallest absolute Gasteiger partial charge is 0.328 e. The Labute approximate surface area is 141 Å². The first-order chi connectivity index (χ1) is 11.2. The molecule has 1 amide bonds. The summed E-state index contributed by atoms with van der Waals surface area (Å²) in [6.45, 7) is 5.30. The zero-order chi connectivity index (χ0) is 18.3. The lowest BCUT2D eigenvalue weighted by Gasteiger charge is -2.31. The second kappa shape index (κ2) is 9.15. The molecule has 0 aromatic heterocycles. The van der Waals surface area contributed by atoms with E-state index in [0.29, 0.717) is 12.0 Å². The van der Waals surface area contributed by atoms with Crippen molar-refractivity contribution in [1.82, 2.24) is 4.90 Å². The van der Waals surface area contributed by atoms with Crippen LogP contribution in [0.15, 0.2) is 24.3 Å². The summed E-state index contributed by atoms with van der Waals surface area (Å²) >= 11 is 0. The van der Waals surface area contributed by atoms with E-state index in [1.54, 1.807) is 12.1 Å². The number of carbonyl (C=O) groups is 3. The summed E-state index contributed by atoms with van der Waals surface area (Å²) in [6.07, 6.45) is 0.129. The molecule has 0 spiro atoms. The van der Waals surface area contributed by atoms with Crippen LogP contribution in [0.2, 0.25) is 0 Å². The van der Waals surface area contributed by atoms with Crippen LogP contribution in [0.4, 0.5) is 4.39 Å². The Kier molecular flexibility index (Phi) is 7.55. The summed E-state index contributed by atoms with van der Waals surface area (Å²) < 4.78 is 17.9. The van der Waals surface area contributed by atoms with Gasteiger partial charge in [-0.25, -0.2) is 9.18 Å². The fourth-order valence-corrected chi connectivity index (χ4v) is 2.41. The Morgan fingerprint density at radius 2 is 1.75 bits per heavy atom. The molecule has 0 unspecified atom stereocenters. The highest BCUT2D eigenvalue weighted by Gasteiger charge is 2.31. The Morgan fingerprint density at radius 1 is 1.17 bits per heavy atom. The number of halogens is 1. The van der Waals surface area contributed by atoms with Crippen molar-refractivity contribution in [3.63, 3.8) is 0 Å². The van der Waals surface area contributed by atoms with Crippen LogP contribution in [0.25, 0.3) is 0 Å². The Balaban J connectivity index is 3.12. The molecule has 1 atom stereocenters. The third-order valence-corrected chi connectivity index (χ3v) is 3.53. The fourth-order valence-electron chi connectivity index (χ4n) is 2.41. The molecule has 132 valence electrons. The van der Waals surface area contributed by atoms with E-state index in [4.69, 9.17) is 4.74 Å². The summed E-state index contributed by atoms with van der Waals surface area (Å²) in [5.74, 6) is -1.48. The fraction of sp³-hybridized carbons (Fsp3) is 0.500. The Morgan fingerprint density at radius 3 is 2.21 bits per heavy atom. The topological polar surface area (TPSA) is 63.7 Å². The van der Waals surface area contributed by atoms with Crippen molar-refractivity contribution >= 4 is 17.7 Å². The summed E-state index contributed by atoms with van der Waals surface area (Å²) in [7, 11) is 1.27. The number of methoxy groups -OCH3 is 1. The quantitative estimate of drug-likeness (QED) is 0.540. The van der Waals surface area contributed by atoms with Crippen LogP contribution in [0.1, 0.15) is 39.2 Å². The molecule has 0 saturated carbocycles. The number of ether oxygens (including phenoxy) is 1. The molecule has 0 aliphatic heterocycles. The van der Waals surface area contributed by atoms with Gasteiger partial charge >= 0.3 is 5.97 Å². The molecule has 0 saturated heterocycles. The molecule has 0 N–H and O–H groups in total. The number of rotatable bonds is 8. The van der Waals surface area contributed by atoms with Crippen molar-refractivity contribution in [3.8, 4) is 0 Å². The van der Waals surface area contributed by atoms with Crippen LogP contribution in [0.5, 0.6) is 0 Å². The van der Waals surface area contributed by atoms with Gasteiger partial charge in [-0.15, -0.1) is 0 Å². The standard InChI is InChI=1S/C18H24FNO4/c1-12(2)9-16(18(23)24-4)20(17(22)10-13(3)21)11-14-5-7-15(19)8-6-14/h5-8,12,16H,9-11H2,1-4H3/t16-/m0/s1. The number of amides is 1. The van der Waals surface area contributed by atoms with E-state index in [9.17, 15) is 18.8 Å². The third kappa shape index (κ3) is 6.10. The van der Waals surface area contributed by atoms with Crippen molar-refractivity contribution in [2.24, 2.45) is 5.92 Å². The first-order valence-electron chi connectivity index (χ1n) is 7.85. The molecule has 0 radical (unpaired) electrons. The Hall–Kier alpha value is -2.24. The Bertz CT molecular complexity index is 583. The van der Waals surface area contributed by atoms with E-state index in [1.807, 2.05) is 13.8 Å². The van der Waals surface area contributed by atoms with Crippen LogP contribution in [-0.2, 0) is 25.7 Å². The second-order valence-corrected chi connectivity index (χ2v) is 6.20. The highest BCUT2D eigenvalue weighted by Crippen LogP contribution is 2.18. The lowest BCUT2D eigenvalue weighted by molar-refractivity contribution is -0.154. The van der Waals surface area contributed by atoms with Gasteiger partial charge in [0.05, 0.1) is 13.5 Å². The normalized spacial score (nSPS) is 11.9. The van der Waals surface area contributed by atoms with E-state index < -0.39 is 17.9 Å². The number of Topliss-reactive ketones (excluding diaryl/α,β-unsaturated/α-hetero) is 1. The number of hydrogen-bond acceptors (Lipinski definition) is 4. The van der Waals surface area contributed by atoms with Gasteiger partial charge in [0, 0.05) is 6.54 Å². The van der Waals surface area contributed by atoms with Gasteiger partial charge in [0.1, 0.15) is 17.6 Å². The first-order valence-corrected chi connectivity index (χ1v) is 7.85. The van der Waals surface area contributed by atoms with E-state index in [1.165, 1.54) is 31.1 Å². The van der Waals surface area contributed by atoms with Crippen molar-refractivity contribution in [1.29, 1.82) is 0 Å². The molecular weight excluding hydrogens is 313 g/mol. The minimum absolute atomic E-state index is 0.110. The molecule has 24 heavy (non-hydrogen) atoms.